The van der Waals surface area contributed by atoms with Gasteiger partial charge in [0.15, 0.2) is 6.61 Å². The third-order valence-corrected chi connectivity index (χ3v) is 5.10. The van der Waals surface area contributed by atoms with Crippen molar-refractivity contribution in [2.45, 2.75) is 45.2 Å². The highest BCUT2D eigenvalue weighted by Crippen LogP contribution is 2.27. The Morgan fingerprint density at radius 3 is 2.31 bits per heavy atom. The number of nitrogens with zero attached hydrogens (tertiary/aromatic N) is 1. The molecule has 1 amide bonds. The average Bonchev–Trinajstić information content (AvgIpc) is 2.64. The Kier molecular flexibility index (Phi) is 5.45. The van der Waals surface area contributed by atoms with E-state index in [-0.39, 0.29) is 24.6 Å². The Morgan fingerprint density at radius 2 is 1.69 bits per heavy atom. The Morgan fingerprint density at radius 1 is 1.08 bits per heavy atom. The number of carbonyl (C=O) groups excluding carboxylic acids is 2. The number of esters is 1. The van der Waals surface area contributed by atoms with Gasteiger partial charge >= 0.3 is 5.97 Å². The molecular formula is C21H25NO4. The molecule has 5 heteroatoms. The molecule has 0 bridgehead atoms. The van der Waals surface area contributed by atoms with E-state index < -0.39 is 5.97 Å². The van der Waals surface area contributed by atoms with Crippen LogP contribution < -0.4 is 4.74 Å². The Hall–Kier alpha value is -2.56. The molecule has 0 N–H and O–H groups in total. The van der Waals surface area contributed by atoms with Crippen LogP contribution in [0, 0.1) is 0 Å². The fourth-order valence-electron chi connectivity index (χ4n) is 3.74. The fourth-order valence-corrected chi connectivity index (χ4v) is 3.74. The standard InChI is InChI=1S/C21H25NO4/c1-14-7-6-8-15(2)22(14)20(23)13-26-21(24)18-11-16-9-4-5-10-17(16)12-19(18)25-3/h4-5,9-12,14-15H,6-8,13H2,1-3H3/t14-,15-/m1/s1. The maximum absolute atomic E-state index is 12.5. The van der Waals surface area contributed by atoms with Gasteiger partial charge in [0.2, 0.25) is 0 Å². The van der Waals surface area contributed by atoms with E-state index in [0.29, 0.717) is 11.3 Å². The third kappa shape index (κ3) is 3.66. The number of likely N-dealkylation sites (tertiary alicyclic amines) is 1. The summed E-state index contributed by atoms with van der Waals surface area (Å²) in [7, 11) is 1.52. The van der Waals surface area contributed by atoms with Gasteiger partial charge in [-0.3, -0.25) is 4.79 Å². The maximum atomic E-state index is 12.5. The van der Waals surface area contributed by atoms with Crippen molar-refractivity contribution in [1.82, 2.24) is 4.90 Å². The molecule has 0 unspecified atom stereocenters. The van der Waals surface area contributed by atoms with E-state index in [2.05, 4.69) is 0 Å². The van der Waals surface area contributed by atoms with E-state index in [1.165, 1.54) is 7.11 Å². The zero-order chi connectivity index (χ0) is 18.7. The molecule has 1 saturated heterocycles. The summed E-state index contributed by atoms with van der Waals surface area (Å²) in [6.45, 7) is 3.84. The van der Waals surface area contributed by atoms with Gasteiger partial charge in [0.05, 0.1) is 7.11 Å². The van der Waals surface area contributed by atoms with Crippen molar-refractivity contribution in [3.05, 3.63) is 42.0 Å². The zero-order valence-electron chi connectivity index (χ0n) is 15.5. The number of ether oxygens (including phenoxy) is 2. The van der Waals surface area contributed by atoms with Crippen molar-refractivity contribution in [2.24, 2.45) is 0 Å². The Bertz CT molecular complexity index is 807. The molecule has 26 heavy (non-hydrogen) atoms. The van der Waals surface area contributed by atoms with Crippen molar-refractivity contribution < 1.29 is 19.1 Å². The van der Waals surface area contributed by atoms with Crippen LogP contribution in [0.3, 0.4) is 0 Å². The molecular weight excluding hydrogens is 330 g/mol. The number of benzene rings is 2. The second-order valence-electron chi connectivity index (χ2n) is 6.91. The number of methoxy groups -OCH3 is 1. The molecule has 0 radical (unpaired) electrons. The summed E-state index contributed by atoms with van der Waals surface area (Å²) in [5.41, 5.74) is 0.332. The predicted octanol–water partition coefficient (Wildman–Crippen LogP) is 3.79. The number of hydrogen-bond acceptors (Lipinski definition) is 4. The minimum atomic E-state index is -0.543. The van der Waals surface area contributed by atoms with E-state index in [4.69, 9.17) is 9.47 Å². The normalized spacial score (nSPS) is 20.0. The van der Waals surface area contributed by atoms with Crippen LogP contribution in [-0.4, -0.2) is 42.6 Å². The zero-order valence-corrected chi connectivity index (χ0v) is 15.5. The SMILES string of the molecule is COc1cc2ccccc2cc1C(=O)OCC(=O)N1[C@H](C)CCC[C@H]1C. The summed E-state index contributed by atoms with van der Waals surface area (Å²) in [5, 5.41) is 1.90. The van der Waals surface area contributed by atoms with E-state index in [1.54, 1.807) is 6.07 Å². The van der Waals surface area contributed by atoms with Crippen LogP contribution in [0.1, 0.15) is 43.5 Å². The number of carbonyl (C=O) groups is 2. The molecule has 0 aliphatic carbocycles. The van der Waals surface area contributed by atoms with Crippen molar-refractivity contribution in [2.75, 3.05) is 13.7 Å². The van der Waals surface area contributed by atoms with E-state index in [0.717, 1.165) is 30.0 Å². The molecule has 1 aliphatic rings. The van der Waals surface area contributed by atoms with Gasteiger partial charge in [-0.15, -0.1) is 0 Å². The first-order valence-electron chi connectivity index (χ1n) is 9.06. The molecule has 3 rings (SSSR count). The summed E-state index contributed by atoms with van der Waals surface area (Å²) < 4.78 is 10.7. The summed E-state index contributed by atoms with van der Waals surface area (Å²) in [6.07, 6.45) is 3.10. The van der Waals surface area contributed by atoms with E-state index in [1.807, 2.05) is 49.1 Å². The quantitative estimate of drug-likeness (QED) is 0.783. The summed E-state index contributed by atoms with van der Waals surface area (Å²) in [4.78, 5) is 26.9. The number of hydrogen-bond donors (Lipinski definition) is 0. The molecule has 0 spiro atoms. The molecule has 5 nitrogen and oxygen atoms in total. The highest BCUT2D eigenvalue weighted by molar-refractivity contribution is 5.99. The van der Waals surface area contributed by atoms with Crippen molar-refractivity contribution in [3.63, 3.8) is 0 Å². The molecule has 1 aliphatic heterocycles. The maximum Gasteiger partial charge on any atom is 0.342 e. The van der Waals surface area contributed by atoms with Gasteiger partial charge in [-0.25, -0.2) is 4.79 Å². The monoisotopic (exact) mass is 355 g/mol. The highest BCUT2D eigenvalue weighted by Gasteiger charge is 2.29. The van der Waals surface area contributed by atoms with Crippen LogP contribution in [0.5, 0.6) is 5.75 Å². The molecule has 1 fully saturated rings. The molecule has 2 aromatic carbocycles. The average molecular weight is 355 g/mol. The first-order valence-corrected chi connectivity index (χ1v) is 9.06. The lowest BCUT2D eigenvalue weighted by Crippen LogP contribution is -2.49. The minimum Gasteiger partial charge on any atom is -0.496 e. The van der Waals surface area contributed by atoms with Crippen LogP contribution in [-0.2, 0) is 9.53 Å². The lowest BCUT2D eigenvalue weighted by Gasteiger charge is -2.38. The number of fused-ring (bicyclic) bond motifs is 1. The summed E-state index contributed by atoms with van der Waals surface area (Å²) in [5.74, 6) is -0.239. The van der Waals surface area contributed by atoms with Crippen LogP contribution in [0.25, 0.3) is 10.8 Å². The Labute approximate surface area is 153 Å². The second-order valence-corrected chi connectivity index (χ2v) is 6.91. The minimum absolute atomic E-state index is 0.141. The third-order valence-electron chi connectivity index (χ3n) is 5.10. The molecule has 0 aromatic heterocycles. The van der Waals surface area contributed by atoms with Crippen LogP contribution in [0.4, 0.5) is 0 Å². The van der Waals surface area contributed by atoms with Crippen LogP contribution in [0.2, 0.25) is 0 Å². The molecule has 0 saturated carbocycles. The van der Waals surface area contributed by atoms with E-state index >= 15 is 0 Å². The fraction of sp³-hybridized carbons (Fsp3) is 0.429. The molecule has 2 atom stereocenters. The molecule has 138 valence electrons. The van der Waals surface area contributed by atoms with Gasteiger partial charge < -0.3 is 14.4 Å². The predicted molar refractivity (Wildman–Crippen MR) is 100 cm³/mol. The van der Waals surface area contributed by atoms with Gasteiger partial charge in [-0.05, 0) is 56.0 Å². The van der Waals surface area contributed by atoms with Gasteiger partial charge in [0.25, 0.3) is 5.91 Å². The molecule has 2 aromatic rings. The van der Waals surface area contributed by atoms with Gasteiger partial charge in [-0.1, -0.05) is 24.3 Å². The largest absolute Gasteiger partial charge is 0.496 e. The highest BCUT2D eigenvalue weighted by atomic mass is 16.5. The lowest BCUT2D eigenvalue weighted by molar-refractivity contribution is -0.140. The van der Waals surface area contributed by atoms with E-state index in [9.17, 15) is 9.59 Å². The molecule has 1 heterocycles. The lowest BCUT2D eigenvalue weighted by atomic mass is 9.97. The topological polar surface area (TPSA) is 55.8 Å². The summed E-state index contributed by atoms with van der Waals surface area (Å²) in [6, 6.07) is 11.6. The number of amides is 1. The Balaban J connectivity index is 1.73. The van der Waals surface area contributed by atoms with Gasteiger partial charge in [0, 0.05) is 12.1 Å². The van der Waals surface area contributed by atoms with Crippen LogP contribution >= 0.6 is 0 Å². The van der Waals surface area contributed by atoms with Crippen molar-refractivity contribution in [1.29, 1.82) is 0 Å². The first kappa shape index (κ1) is 18.2. The number of piperidine rings is 1. The van der Waals surface area contributed by atoms with Crippen molar-refractivity contribution >= 4 is 22.6 Å². The smallest absolute Gasteiger partial charge is 0.342 e. The second kappa shape index (κ2) is 7.77. The number of rotatable bonds is 4. The summed E-state index contributed by atoms with van der Waals surface area (Å²) >= 11 is 0. The van der Waals surface area contributed by atoms with Gasteiger partial charge in [0.1, 0.15) is 11.3 Å². The first-order chi connectivity index (χ1) is 12.5. The van der Waals surface area contributed by atoms with Crippen molar-refractivity contribution in [3.8, 4) is 5.75 Å². The van der Waals surface area contributed by atoms with Crippen LogP contribution in [0.15, 0.2) is 36.4 Å². The van der Waals surface area contributed by atoms with Gasteiger partial charge in [-0.2, -0.15) is 0 Å².